The minimum atomic E-state index is -0.589. The molecule has 2 atom stereocenters. The van der Waals surface area contributed by atoms with Gasteiger partial charge in [-0.25, -0.2) is 0 Å². The first-order valence-corrected chi connectivity index (χ1v) is 5.49. The van der Waals surface area contributed by atoms with E-state index >= 15 is 0 Å². The summed E-state index contributed by atoms with van der Waals surface area (Å²) in [4.78, 5) is 13.1. The fraction of sp³-hybridized carbons (Fsp3) is 0.909. The lowest BCUT2D eigenvalue weighted by Crippen LogP contribution is -2.29. The number of halogens is 2. The molecular formula is C11H23Cl2NO2. The van der Waals surface area contributed by atoms with Crippen molar-refractivity contribution in [2.45, 2.75) is 32.1 Å². The standard InChI is InChI=1S/C11H21NO2.2ClH/c1-12(2)8-7-9-5-3-4-6-10(9)11(13)14;;/h9-10H,3-8H2,1-2H3,(H,13,14);2*1H. The van der Waals surface area contributed by atoms with Crippen LogP contribution in [0.2, 0.25) is 0 Å². The van der Waals surface area contributed by atoms with Crippen LogP contribution in [0.25, 0.3) is 0 Å². The molecule has 1 fully saturated rings. The van der Waals surface area contributed by atoms with Gasteiger partial charge in [0.2, 0.25) is 0 Å². The number of carbonyl (C=O) groups is 1. The molecule has 0 saturated heterocycles. The highest BCUT2D eigenvalue weighted by Gasteiger charge is 2.30. The summed E-state index contributed by atoms with van der Waals surface area (Å²) in [6.07, 6.45) is 5.32. The van der Waals surface area contributed by atoms with Gasteiger partial charge in [0.15, 0.2) is 0 Å². The molecule has 98 valence electrons. The molecule has 0 spiro atoms. The Morgan fingerprint density at radius 3 is 2.31 bits per heavy atom. The highest BCUT2D eigenvalue weighted by atomic mass is 35.5. The predicted octanol–water partition coefficient (Wildman–Crippen LogP) is 2.67. The molecule has 5 heteroatoms. The Bertz CT molecular complexity index is 200. The lowest BCUT2D eigenvalue weighted by atomic mass is 9.77. The number of carboxylic acids is 1. The number of carboxylic acid groups (broad SMARTS) is 1. The van der Waals surface area contributed by atoms with Crippen LogP contribution in [0, 0.1) is 11.8 Å². The Hall–Kier alpha value is 0.01000. The summed E-state index contributed by atoms with van der Waals surface area (Å²) in [5.41, 5.74) is 0. The fourth-order valence-corrected chi connectivity index (χ4v) is 2.30. The van der Waals surface area contributed by atoms with E-state index in [0.29, 0.717) is 5.92 Å². The van der Waals surface area contributed by atoms with E-state index in [1.54, 1.807) is 0 Å². The van der Waals surface area contributed by atoms with Crippen LogP contribution in [0.4, 0.5) is 0 Å². The molecule has 0 aromatic heterocycles. The third-order valence-electron chi connectivity index (χ3n) is 3.17. The van der Waals surface area contributed by atoms with E-state index in [9.17, 15) is 4.79 Å². The molecule has 0 bridgehead atoms. The van der Waals surface area contributed by atoms with Crippen LogP contribution in [0.15, 0.2) is 0 Å². The SMILES string of the molecule is CN(C)CCC1CCCCC1C(=O)O.Cl.Cl. The van der Waals surface area contributed by atoms with Crippen LogP contribution in [0.1, 0.15) is 32.1 Å². The Balaban J connectivity index is 0. The van der Waals surface area contributed by atoms with Crippen LogP contribution < -0.4 is 0 Å². The van der Waals surface area contributed by atoms with E-state index < -0.39 is 5.97 Å². The molecule has 1 N–H and O–H groups in total. The lowest BCUT2D eigenvalue weighted by molar-refractivity contribution is -0.145. The second-order valence-electron chi connectivity index (χ2n) is 4.58. The topological polar surface area (TPSA) is 40.5 Å². The van der Waals surface area contributed by atoms with Gasteiger partial charge in [-0.1, -0.05) is 12.8 Å². The highest BCUT2D eigenvalue weighted by Crippen LogP contribution is 2.32. The van der Waals surface area contributed by atoms with Crippen molar-refractivity contribution in [3.63, 3.8) is 0 Å². The van der Waals surface area contributed by atoms with E-state index in [4.69, 9.17) is 5.11 Å². The molecule has 0 aromatic rings. The van der Waals surface area contributed by atoms with Crippen molar-refractivity contribution in [3.05, 3.63) is 0 Å². The van der Waals surface area contributed by atoms with Crippen molar-refractivity contribution >= 4 is 30.8 Å². The zero-order chi connectivity index (χ0) is 10.6. The fourth-order valence-electron chi connectivity index (χ4n) is 2.30. The normalized spacial score (nSPS) is 24.4. The smallest absolute Gasteiger partial charge is 0.306 e. The van der Waals surface area contributed by atoms with Crippen LogP contribution in [-0.4, -0.2) is 36.6 Å². The van der Waals surface area contributed by atoms with Crippen LogP contribution in [-0.2, 0) is 4.79 Å². The van der Waals surface area contributed by atoms with Crippen LogP contribution in [0.5, 0.6) is 0 Å². The average molecular weight is 272 g/mol. The Kier molecular flexibility index (Phi) is 10.4. The number of hydrogen-bond donors (Lipinski definition) is 1. The van der Waals surface area contributed by atoms with Gasteiger partial charge in [-0.15, -0.1) is 24.8 Å². The monoisotopic (exact) mass is 271 g/mol. The third-order valence-corrected chi connectivity index (χ3v) is 3.17. The maximum atomic E-state index is 11.0. The first-order chi connectivity index (χ1) is 6.61. The van der Waals surface area contributed by atoms with Gasteiger partial charge < -0.3 is 10.0 Å². The summed E-state index contributed by atoms with van der Waals surface area (Å²) < 4.78 is 0. The van der Waals surface area contributed by atoms with Crippen LogP contribution >= 0.6 is 24.8 Å². The molecule has 3 nitrogen and oxygen atoms in total. The van der Waals surface area contributed by atoms with E-state index in [-0.39, 0.29) is 30.7 Å². The Morgan fingerprint density at radius 1 is 1.25 bits per heavy atom. The molecule has 1 aliphatic rings. The maximum Gasteiger partial charge on any atom is 0.306 e. The minimum absolute atomic E-state index is 0. The molecule has 16 heavy (non-hydrogen) atoms. The molecule has 0 amide bonds. The average Bonchev–Trinajstić information content (AvgIpc) is 2.15. The van der Waals surface area contributed by atoms with Gasteiger partial charge in [-0.3, -0.25) is 4.79 Å². The van der Waals surface area contributed by atoms with Crippen molar-refractivity contribution in [3.8, 4) is 0 Å². The van der Waals surface area contributed by atoms with E-state index in [1.165, 1.54) is 6.42 Å². The van der Waals surface area contributed by atoms with Crippen molar-refractivity contribution in [1.82, 2.24) is 4.90 Å². The van der Waals surface area contributed by atoms with Gasteiger partial charge in [0.25, 0.3) is 0 Å². The summed E-state index contributed by atoms with van der Waals surface area (Å²) in [6, 6.07) is 0. The van der Waals surface area contributed by atoms with Gasteiger partial charge in [0.1, 0.15) is 0 Å². The predicted molar refractivity (Wildman–Crippen MR) is 70.8 cm³/mol. The number of rotatable bonds is 4. The van der Waals surface area contributed by atoms with E-state index in [0.717, 1.165) is 32.2 Å². The van der Waals surface area contributed by atoms with Gasteiger partial charge in [-0.05, 0) is 45.8 Å². The molecule has 0 heterocycles. The number of hydrogen-bond acceptors (Lipinski definition) is 2. The highest BCUT2D eigenvalue weighted by molar-refractivity contribution is 5.85. The summed E-state index contributed by atoms with van der Waals surface area (Å²) in [5.74, 6) is -0.263. The molecule has 2 unspecified atom stereocenters. The largest absolute Gasteiger partial charge is 0.481 e. The summed E-state index contributed by atoms with van der Waals surface area (Å²) in [5, 5.41) is 9.06. The van der Waals surface area contributed by atoms with E-state index in [1.807, 2.05) is 14.1 Å². The van der Waals surface area contributed by atoms with Crippen molar-refractivity contribution in [2.75, 3.05) is 20.6 Å². The molecule has 1 aliphatic carbocycles. The molecule has 0 radical (unpaired) electrons. The zero-order valence-electron chi connectivity index (χ0n) is 10.0. The number of nitrogens with zero attached hydrogens (tertiary/aromatic N) is 1. The second kappa shape index (κ2) is 9.08. The minimum Gasteiger partial charge on any atom is -0.481 e. The van der Waals surface area contributed by atoms with Crippen molar-refractivity contribution < 1.29 is 9.90 Å². The maximum absolute atomic E-state index is 11.0. The summed E-state index contributed by atoms with van der Waals surface area (Å²) >= 11 is 0. The van der Waals surface area contributed by atoms with Gasteiger partial charge in [0, 0.05) is 0 Å². The van der Waals surface area contributed by atoms with Gasteiger partial charge in [0.05, 0.1) is 5.92 Å². The molecule has 0 aliphatic heterocycles. The second-order valence-corrected chi connectivity index (χ2v) is 4.58. The summed E-state index contributed by atoms with van der Waals surface area (Å²) in [7, 11) is 4.08. The van der Waals surface area contributed by atoms with E-state index in [2.05, 4.69) is 4.90 Å². The first kappa shape index (κ1) is 18.4. The Morgan fingerprint density at radius 2 is 1.81 bits per heavy atom. The quantitative estimate of drug-likeness (QED) is 0.855. The molecule has 1 saturated carbocycles. The zero-order valence-corrected chi connectivity index (χ0v) is 11.6. The van der Waals surface area contributed by atoms with Crippen molar-refractivity contribution in [2.24, 2.45) is 11.8 Å². The molecule has 0 aromatic carbocycles. The van der Waals surface area contributed by atoms with Crippen molar-refractivity contribution in [1.29, 1.82) is 0 Å². The molecule has 1 rings (SSSR count). The molecular weight excluding hydrogens is 249 g/mol. The Labute approximate surface area is 110 Å². The first-order valence-electron chi connectivity index (χ1n) is 5.49. The summed E-state index contributed by atoms with van der Waals surface area (Å²) in [6.45, 7) is 1.01. The lowest BCUT2D eigenvalue weighted by Gasteiger charge is -2.29. The third kappa shape index (κ3) is 5.92. The van der Waals surface area contributed by atoms with Crippen LogP contribution in [0.3, 0.4) is 0 Å². The van der Waals surface area contributed by atoms with Gasteiger partial charge >= 0.3 is 5.97 Å². The van der Waals surface area contributed by atoms with Gasteiger partial charge in [-0.2, -0.15) is 0 Å². The number of aliphatic carboxylic acids is 1.